The first kappa shape index (κ1) is 13.1. The van der Waals surface area contributed by atoms with Gasteiger partial charge < -0.3 is 9.80 Å². The molecule has 0 radical (unpaired) electrons. The van der Waals surface area contributed by atoms with Gasteiger partial charge in [-0.15, -0.1) is 0 Å². The van der Waals surface area contributed by atoms with E-state index >= 15 is 0 Å². The molecule has 5 nitrogen and oxygen atoms in total. The molecule has 2 heterocycles. The molecule has 1 aromatic heterocycles. The molecule has 1 aliphatic heterocycles. The van der Waals surface area contributed by atoms with Gasteiger partial charge >= 0.3 is 0 Å². The summed E-state index contributed by atoms with van der Waals surface area (Å²) in [5.74, 6) is 0.232. The smallest absolute Gasteiger partial charge is 0.236 e. The first-order chi connectivity index (χ1) is 8.56. The minimum Gasteiger partial charge on any atom is -0.341 e. The lowest BCUT2D eigenvalue weighted by atomic mass is 10.1. The van der Waals surface area contributed by atoms with Crippen LogP contribution < -0.4 is 0 Å². The predicted molar refractivity (Wildman–Crippen MR) is 70.4 cm³/mol. The molecule has 18 heavy (non-hydrogen) atoms. The third-order valence-corrected chi connectivity index (χ3v) is 3.37. The molecule has 1 aromatic rings. The molecule has 0 aromatic carbocycles. The number of likely N-dealkylation sites (tertiary alicyclic amines) is 1. The van der Waals surface area contributed by atoms with E-state index in [4.69, 9.17) is 0 Å². The van der Waals surface area contributed by atoms with Crippen molar-refractivity contribution in [2.75, 3.05) is 33.7 Å². The number of nitrogens with zero attached hydrogens (tertiary/aromatic N) is 4. The van der Waals surface area contributed by atoms with Crippen LogP contribution in [0.5, 0.6) is 0 Å². The second kappa shape index (κ2) is 5.52. The molecule has 100 valence electrons. The molecule has 0 bridgehead atoms. The van der Waals surface area contributed by atoms with Crippen molar-refractivity contribution in [2.24, 2.45) is 0 Å². The van der Waals surface area contributed by atoms with Crippen LogP contribution in [0.4, 0.5) is 0 Å². The molecule has 0 aliphatic carbocycles. The van der Waals surface area contributed by atoms with Crippen molar-refractivity contribution in [2.45, 2.75) is 25.8 Å². The third-order valence-electron chi connectivity index (χ3n) is 3.37. The standard InChI is InChI=1S/C13H22N4O/c1-11-8-14-17(9-11)12-4-6-16(7-5-12)13(18)10-15(2)3/h8-9,12H,4-7,10H2,1-3H3. The van der Waals surface area contributed by atoms with Gasteiger partial charge in [-0.3, -0.25) is 9.48 Å². The van der Waals surface area contributed by atoms with Gasteiger partial charge in [-0.25, -0.2) is 0 Å². The lowest BCUT2D eigenvalue weighted by Gasteiger charge is -2.32. The normalized spacial score (nSPS) is 17.4. The Labute approximate surface area is 108 Å². The molecule has 0 saturated carbocycles. The van der Waals surface area contributed by atoms with Gasteiger partial charge in [0.15, 0.2) is 0 Å². The number of carbonyl (C=O) groups is 1. The molecule has 1 amide bonds. The van der Waals surface area contributed by atoms with Crippen LogP contribution >= 0.6 is 0 Å². The van der Waals surface area contributed by atoms with Crippen LogP contribution in [0.1, 0.15) is 24.4 Å². The lowest BCUT2D eigenvalue weighted by molar-refractivity contribution is -0.133. The van der Waals surface area contributed by atoms with E-state index in [1.165, 1.54) is 5.56 Å². The zero-order valence-electron chi connectivity index (χ0n) is 11.5. The van der Waals surface area contributed by atoms with Crippen LogP contribution in [-0.4, -0.2) is 59.2 Å². The van der Waals surface area contributed by atoms with Gasteiger partial charge in [0.25, 0.3) is 0 Å². The van der Waals surface area contributed by atoms with E-state index in [-0.39, 0.29) is 5.91 Å². The van der Waals surface area contributed by atoms with E-state index in [1.807, 2.05) is 34.8 Å². The van der Waals surface area contributed by atoms with Gasteiger partial charge in [-0.2, -0.15) is 5.10 Å². The Morgan fingerprint density at radius 2 is 2.11 bits per heavy atom. The van der Waals surface area contributed by atoms with Crippen molar-refractivity contribution in [1.82, 2.24) is 19.6 Å². The number of carbonyl (C=O) groups excluding carboxylic acids is 1. The van der Waals surface area contributed by atoms with E-state index in [2.05, 4.69) is 18.2 Å². The minimum absolute atomic E-state index is 0.232. The Morgan fingerprint density at radius 3 is 2.61 bits per heavy atom. The zero-order chi connectivity index (χ0) is 13.1. The van der Waals surface area contributed by atoms with Crippen LogP contribution in [0, 0.1) is 6.92 Å². The summed E-state index contributed by atoms with van der Waals surface area (Å²) in [4.78, 5) is 15.8. The summed E-state index contributed by atoms with van der Waals surface area (Å²) in [5, 5.41) is 4.36. The molecular weight excluding hydrogens is 228 g/mol. The average Bonchev–Trinajstić information content (AvgIpc) is 2.75. The Bertz CT molecular complexity index is 405. The van der Waals surface area contributed by atoms with Crippen molar-refractivity contribution < 1.29 is 4.79 Å². The first-order valence-electron chi connectivity index (χ1n) is 6.49. The van der Waals surface area contributed by atoms with Crippen LogP contribution in [0.25, 0.3) is 0 Å². The number of likely N-dealkylation sites (N-methyl/N-ethyl adjacent to an activating group) is 1. The Balaban J connectivity index is 1.86. The van der Waals surface area contributed by atoms with Crippen LogP contribution in [0.3, 0.4) is 0 Å². The number of aryl methyl sites for hydroxylation is 1. The van der Waals surface area contributed by atoms with Gasteiger partial charge in [-0.1, -0.05) is 0 Å². The highest BCUT2D eigenvalue weighted by Gasteiger charge is 2.24. The van der Waals surface area contributed by atoms with E-state index in [9.17, 15) is 4.79 Å². The third kappa shape index (κ3) is 3.10. The predicted octanol–water partition coefficient (Wildman–Crippen LogP) is 0.917. The summed E-state index contributed by atoms with van der Waals surface area (Å²) >= 11 is 0. The van der Waals surface area contributed by atoms with Gasteiger partial charge in [0, 0.05) is 19.3 Å². The molecule has 1 aliphatic rings. The molecule has 0 spiro atoms. The van der Waals surface area contributed by atoms with Gasteiger partial charge in [0.05, 0.1) is 18.8 Å². The van der Waals surface area contributed by atoms with Gasteiger partial charge in [0.2, 0.25) is 5.91 Å². The molecule has 5 heteroatoms. The van der Waals surface area contributed by atoms with E-state index in [0.717, 1.165) is 25.9 Å². The molecule has 0 atom stereocenters. The fourth-order valence-corrected chi connectivity index (χ4v) is 2.38. The van der Waals surface area contributed by atoms with Gasteiger partial charge in [0.1, 0.15) is 0 Å². The zero-order valence-corrected chi connectivity index (χ0v) is 11.5. The second-order valence-corrected chi connectivity index (χ2v) is 5.35. The molecule has 0 unspecified atom stereocenters. The second-order valence-electron chi connectivity index (χ2n) is 5.35. The van der Waals surface area contributed by atoms with E-state index < -0.39 is 0 Å². The number of amides is 1. The van der Waals surface area contributed by atoms with Crippen molar-refractivity contribution in [3.63, 3.8) is 0 Å². The van der Waals surface area contributed by atoms with E-state index in [1.54, 1.807) is 0 Å². The number of piperidine rings is 1. The summed E-state index contributed by atoms with van der Waals surface area (Å²) in [7, 11) is 3.86. The average molecular weight is 250 g/mol. The molecule has 0 N–H and O–H groups in total. The van der Waals surface area contributed by atoms with Crippen LogP contribution in [0.2, 0.25) is 0 Å². The number of hydrogen-bond acceptors (Lipinski definition) is 3. The minimum atomic E-state index is 0.232. The maximum atomic E-state index is 11.9. The topological polar surface area (TPSA) is 41.4 Å². The Hall–Kier alpha value is -1.36. The first-order valence-corrected chi connectivity index (χ1v) is 6.49. The highest BCUT2D eigenvalue weighted by molar-refractivity contribution is 5.78. The van der Waals surface area contributed by atoms with Crippen molar-refractivity contribution in [3.05, 3.63) is 18.0 Å². The van der Waals surface area contributed by atoms with Crippen LogP contribution in [0.15, 0.2) is 12.4 Å². The molecule has 2 rings (SSSR count). The SMILES string of the molecule is Cc1cnn(C2CCN(C(=O)CN(C)C)CC2)c1. The largest absolute Gasteiger partial charge is 0.341 e. The number of hydrogen-bond donors (Lipinski definition) is 0. The van der Waals surface area contributed by atoms with Gasteiger partial charge in [-0.05, 0) is 39.4 Å². The fourth-order valence-electron chi connectivity index (χ4n) is 2.38. The van der Waals surface area contributed by atoms with Crippen LogP contribution in [-0.2, 0) is 4.79 Å². The molecular formula is C13H22N4O. The number of rotatable bonds is 3. The maximum absolute atomic E-state index is 11.9. The van der Waals surface area contributed by atoms with Crippen molar-refractivity contribution >= 4 is 5.91 Å². The highest BCUT2D eigenvalue weighted by Crippen LogP contribution is 2.22. The summed E-state index contributed by atoms with van der Waals surface area (Å²) in [5.41, 5.74) is 1.20. The quantitative estimate of drug-likeness (QED) is 0.801. The molecule has 1 saturated heterocycles. The highest BCUT2D eigenvalue weighted by atomic mass is 16.2. The number of aromatic nitrogens is 2. The fraction of sp³-hybridized carbons (Fsp3) is 0.692. The summed E-state index contributed by atoms with van der Waals surface area (Å²) < 4.78 is 2.04. The van der Waals surface area contributed by atoms with Crippen molar-refractivity contribution in [3.8, 4) is 0 Å². The summed E-state index contributed by atoms with van der Waals surface area (Å²) in [6, 6.07) is 0.446. The Kier molecular flexibility index (Phi) is 4.01. The van der Waals surface area contributed by atoms with Crippen molar-refractivity contribution in [1.29, 1.82) is 0 Å². The van der Waals surface area contributed by atoms with E-state index in [0.29, 0.717) is 12.6 Å². The summed E-state index contributed by atoms with van der Waals surface area (Å²) in [6.07, 6.45) is 5.98. The lowest BCUT2D eigenvalue weighted by Crippen LogP contribution is -2.43. The maximum Gasteiger partial charge on any atom is 0.236 e. The Morgan fingerprint density at radius 1 is 1.44 bits per heavy atom. The molecule has 1 fully saturated rings. The summed E-state index contributed by atoms with van der Waals surface area (Å²) in [6.45, 7) is 4.25. The monoisotopic (exact) mass is 250 g/mol.